The van der Waals surface area contributed by atoms with E-state index in [4.69, 9.17) is 22.6 Å². The van der Waals surface area contributed by atoms with Crippen LogP contribution in [-0.2, 0) is 27.2 Å². The molecule has 0 spiro atoms. The molecule has 1 aromatic rings. The summed E-state index contributed by atoms with van der Waals surface area (Å²) in [6, 6.07) is 1.20. The minimum absolute atomic E-state index is 0.0270. The molecule has 0 aliphatic carbocycles. The van der Waals surface area contributed by atoms with Gasteiger partial charge in [0, 0.05) is 12.3 Å². The topological polar surface area (TPSA) is 141 Å². The van der Waals surface area contributed by atoms with E-state index in [1.54, 1.807) is 6.92 Å². The van der Waals surface area contributed by atoms with E-state index >= 15 is 0 Å². The highest BCUT2D eigenvalue weighted by Gasteiger charge is 2.53. The first-order chi connectivity index (χ1) is 16.6. The SMILES string of the molecule is CCOP(=O)([O-])O[C@H]1[C@@H](O[Si](C)(C)C(C)(C)C)[C@H](n2ccc(=O)[nH]c2=O)O[C@@H]1CO[Si](C)(C)C(C)(C)C. The summed E-state index contributed by atoms with van der Waals surface area (Å²) in [5, 5.41) is -0.345. The van der Waals surface area contributed by atoms with Crippen LogP contribution in [-0.4, -0.2) is 57.7 Å². The third-order valence-corrected chi connectivity index (χ3v) is 17.7. The molecule has 5 atom stereocenters. The Kier molecular flexibility index (Phi) is 9.87. The van der Waals surface area contributed by atoms with E-state index in [2.05, 4.69) is 38.8 Å². The summed E-state index contributed by atoms with van der Waals surface area (Å²) in [6.07, 6.45) is -2.81. The van der Waals surface area contributed by atoms with Crippen molar-refractivity contribution in [2.75, 3.05) is 13.2 Å². The Morgan fingerprint density at radius 1 is 1.05 bits per heavy atom. The Morgan fingerprint density at radius 2 is 1.62 bits per heavy atom. The fourth-order valence-electron chi connectivity index (χ4n) is 3.31. The van der Waals surface area contributed by atoms with Crippen LogP contribution >= 0.6 is 7.82 Å². The van der Waals surface area contributed by atoms with Gasteiger partial charge in [0.2, 0.25) is 0 Å². The van der Waals surface area contributed by atoms with E-state index in [0.29, 0.717) is 0 Å². The second-order valence-corrected chi connectivity index (χ2v) is 23.4. The van der Waals surface area contributed by atoms with Gasteiger partial charge in [-0.25, -0.2) is 4.79 Å². The lowest BCUT2D eigenvalue weighted by Gasteiger charge is -2.41. The van der Waals surface area contributed by atoms with Crippen LogP contribution in [0.15, 0.2) is 21.9 Å². The summed E-state index contributed by atoms with van der Waals surface area (Å²) in [5.41, 5.74) is -1.27. The number of phosphoric ester groups is 1. The van der Waals surface area contributed by atoms with Crippen molar-refractivity contribution in [3.8, 4) is 0 Å². The van der Waals surface area contributed by atoms with Crippen LogP contribution in [0, 0.1) is 0 Å². The number of phosphoric acid groups is 1. The molecule has 0 amide bonds. The van der Waals surface area contributed by atoms with Gasteiger partial charge in [-0.2, -0.15) is 0 Å². The Bertz CT molecular complexity index is 1090. The monoisotopic (exact) mass is 579 g/mol. The zero-order valence-corrected chi connectivity index (χ0v) is 26.8. The van der Waals surface area contributed by atoms with Crippen LogP contribution in [0.1, 0.15) is 54.7 Å². The van der Waals surface area contributed by atoms with Crippen molar-refractivity contribution < 1.29 is 32.1 Å². The lowest BCUT2D eigenvalue weighted by molar-refractivity contribution is -0.233. The lowest BCUT2D eigenvalue weighted by atomic mass is 10.1. The Balaban J connectivity index is 2.60. The highest BCUT2D eigenvalue weighted by Crippen LogP contribution is 2.48. The van der Waals surface area contributed by atoms with Gasteiger partial charge in [0.25, 0.3) is 13.4 Å². The molecule has 1 aromatic heterocycles. The maximum Gasteiger partial charge on any atom is 0.330 e. The first-order valence-corrected chi connectivity index (χ1v) is 19.8. The minimum atomic E-state index is -4.74. The summed E-state index contributed by atoms with van der Waals surface area (Å²) in [6.45, 7) is 22.0. The Morgan fingerprint density at radius 3 is 2.11 bits per heavy atom. The molecule has 2 heterocycles. The number of ether oxygens (including phenoxy) is 1. The fourth-order valence-corrected chi connectivity index (χ4v) is 6.54. The quantitative estimate of drug-likeness (QED) is 0.324. The molecule has 0 aromatic carbocycles. The molecule has 37 heavy (non-hydrogen) atoms. The predicted octanol–water partition coefficient (Wildman–Crippen LogP) is 3.74. The number of aromatic amines is 1. The number of hydrogen-bond donors (Lipinski definition) is 1. The number of nitrogens with zero attached hydrogens (tertiary/aromatic N) is 1. The number of nitrogens with one attached hydrogen (secondary N) is 1. The van der Waals surface area contributed by atoms with Gasteiger partial charge in [0.15, 0.2) is 22.9 Å². The average Bonchev–Trinajstić information content (AvgIpc) is 3.00. The third-order valence-electron chi connectivity index (χ3n) is 7.60. The molecule has 1 unspecified atom stereocenters. The van der Waals surface area contributed by atoms with E-state index in [9.17, 15) is 19.0 Å². The van der Waals surface area contributed by atoms with Crippen LogP contribution in [0.2, 0.25) is 36.3 Å². The largest absolute Gasteiger partial charge is 0.756 e. The van der Waals surface area contributed by atoms with Crippen LogP contribution in [0.5, 0.6) is 0 Å². The summed E-state index contributed by atoms with van der Waals surface area (Å²) >= 11 is 0. The average molecular weight is 580 g/mol. The van der Waals surface area contributed by atoms with E-state index < -0.39 is 60.2 Å². The van der Waals surface area contributed by atoms with Crippen molar-refractivity contribution in [1.29, 1.82) is 0 Å². The summed E-state index contributed by atoms with van der Waals surface area (Å²) < 4.78 is 43.7. The zero-order chi connectivity index (χ0) is 28.6. The second-order valence-electron chi connectivity index (χ2n) is 12.4. The van der Waals surface area contributed by atoms with Crippen LogP contribution in [0.25, 0.3) is 0 Å². The predicted molar refractivity (Wildman–Crippen MR) is 145 cm³/mol. The molecule has 11 nitrogen and oxygen atoms in total. The van der Waals surface area contributed by atoms with E-state index in [0.717, 1.165) is 0 Å². The van der Waals surface area contributed by atoms with Gasteiger partial charge >= 0.3 is 5.69 Å². The Labute approximate surface area is 221 Å². The highest BCUT2D eigenvalue weighted by atomic mass is 31.2. The number of aromatic nitrogens is 2. The number of rotatable bonds is 10. The first kappa shape index (κ1) is 32.3. The van der Waals surface area contributed by atoms with Crippen molar-refractivity contribution >= 4 is 24.5 Å². The Hall–Kier alpha value is -0.896. The van der Waals surface area contributed by atoms with Gasteiger partial charge in [-0.3, -0.25) is 18.9 Å². The lowest BCUT2D eigenvalue weighted by Crippen LogP contribution is -2.51. The van der Waals surface area contributed by atoms with Crippen molar-refractivity contribution in [1.82, 2.24) is 9.55 Å². The van der Waals surface area contributed by atoms with Gasteiger partial charge in [0.05, 0.1) is 13.2 Å². The summed E-state index contributed by atoms with van der Waals surface area (Å²) in [4.78, 5) is 39.4. The maximum atomic E-state index is 12.8. The molecule has 1 aliphatic heterocycles. The molecule has 14 heteroatoms. The molecule has 2 rings (SSSR count). The molecule has 0 saturated carbocycles. The molecule has 0 bridgehead atoms. The van der Waals surface area contributed by atoms with E-state index in [1.165, 1.54) is 16.8 Å². The molecular formula is C23H44N2O9PSi2-. The van der Waals surface area contributed by atoms with E-state index in [1.807, 2.05) is 33.9 Å². The molecule has 214 valence electrons. The van der Waals surface area contributed by atoms with E-state index in [-0.39, 0.29) is 23.3 Å². The molecular weight excluding hydrogens is 535 g/mol. The standard InChI is InChI=1S/C23H45N2O9PSi2/c1-12-30-35(28,29)33-18-16(15-31-36(8,9)22(2,3)4)32-20(25-14-13-17(26)24-21(25)27)19(18)34-37(10,11)23(5,6)7/h13-14,16,18-20H,12,15H2,1-11H3,(H,28,29)(H,24,26,27)/p-1/t16-,18-,19-,20-/m1/s1. The van der Waals surface area contributed by atoms with Gasteiger partial charge in [-0.1, -0.05) is 41.5 Å². The fraction of sp³-hybridized carbons (Fsp3) is 0.826. The van der Waals surface area contributed by atoms with Gasteiger partial charge < -0.3 is 27.5 Å². The van der Waals surface area contributed by atoms with Crippen LogP contribution in [0.3, 0.4) is 0 Å². The molecule has 1 N–H and O–H groups in total. The molecule has 1 fully saturated rings. The van der Waals surface area contributed by atoms with Gasteiger partial charge in [0.1, 0.15) is 18.3 Å². The highest BCUT2D eigenvalue weighted by molar-refractivity contribution is 7.45. The van der Waals surface area contributed by atoms with Crippen LogP contribution in [0.4, 0.5) is 0 Å². The van der Waals surface area contributed by atoms with Crippen LogP contribution < -0.4 is 16.1 Å². The van der Waals surface area contributed by atoms with Crippen molar-refractivity contribution in [3.05, 3.63) is 33.1 Å². The maximum absolute atomic E-state index is 12.8. The van der Waals surface area contributed by atoms with Crippen molar-refractivity contribution in [2.24, 2.45) is 0 Å². The molecule has 1 aliphatic rings. The van der Waals surface area contributed by atoms with Gasteiger partial charge in [-0.15, -0.1) is 0 Å². The zero-order valence-electron chi connectivity index (χ0n) is 23.9. The first-order valence-electron chi connectivity index (χ1n) is 12.5. The third kappa shape index (κ3) is 7.83. The van der Waals surface area contributed by atoms with Gasteiger partial charge in [-0.05, 0) is 43.2 Å². The summed E-state index contributed by atoms with van der Waals surface area (Å²) in [5.74, 6) is 0. The molecule has 1 saturated heterocycles. The number of H-pyrrole nitrogens is 1. The minimum Gasteiger partial charge on any atom is -0.756 e. The summed E-state index contributed by atoms with van der Waals surface area (Å²) in [7, 11) is -9.54. The smallest absolute Gasteiger partial charge is 0.330 e. The normalized spacial score (nSPS) is 25.3. The molecule has 0 radical (unpaired) electrons. The van der Waals surface area contributed by atoms with Crippen molar-refractivity contribution in [2.45, 2.75) is 109 Å². The van der Waals surface area contributed by atoms with Crippen molar-refractivity contribution in [3.63, 3.8) is 0 Å². The number of hydrogen-bond acceptors (Lipinski definition) is 9. The second kappa shape index (κ2) is 11.3.